The van der Waals surface area contributed by atoms with E-state index in [-0.39, 0.29) is 22.8 Å². The summed E-state index contributed by atoms with van der Waals surface area (Å²) in [5.41, 5.74) is 6.30. The minimum absolute atomic E-state index is 0.225. The van der Waals surface area contributed by atoms with E-state index in [1.807, 2.05) is 6.07 Å². The Bertz CT molecular complexity index is 1520. The molecule has 1 saturated heterocycles. The van der Waals surface area contributed by atoms with E-state index in [0.717, 1.165) is 67.8 Å². The lowest BCUT2D eigenvalue weighted by Crippen LogP contribution is -2.33. The van der Waals surface area contributed by atoms with Crippen LogP contribution in [0.15, 0.2) is 72.9 Å². The van der Waals surface area contributed by atoms with Crippen molar-refractivity contribution < 1.29 is 9.18 Å². The van der Waals surface area contributed by atoms with Gasteiger partial charge in [-0.2, -0.15) is 0 Å². The van der Waals surface area contributed by atoms with E-state index in [1.54, 1.807) is 24.3 Å². The molecule has 0 bridgehead atoms. The number of anilines is 1. The Labute approximate surface area is 243 Å². The molecule has 2 fully saturated rings. The zero-order chi connectivity index (χ0) is 27.6. The second-order valence-electron chi connectivity index (χ2n) is 10.6. The normalized spacial score (nSPS) is 16.2. The third-order valence-electron chi connectivity index (χ3n) is 7.75. The average Bonchev–Trinajstić information content (AvgIpc) is 3.80. The number of benzene rings is 2. The van der Waals surface area contributed by atoms with Crippen LogP contribution in [-0.4, -0.2) is 33.9 Å². The highest BCUT2D eigenvalue weighted by atomic mass is 35.5. The number of likely N-dealkylation sites (tertiary alicyclic amines) is 1. The number of carbonyl (C=O) groups excluding carboxylic acids is 1. The largest absolute Gasteiger partial charge is 0.320 e. The van der Waals surface area contributed by atoms with Crippen molar-refractivity contribution in [2.75, 3.05) is 18.4 Å². The van der Waals surface area contributed by atoms with Crippen molar-refractivity contribution in [1.29, 1.82) is 0 Å². The number of rotatable bonds is 7. The van der Waals surface area contributed by atoms with Crippen LogP contribution in [0.1, 0.15) is 64.8 Å². The molecule has 0 spiro atoms. The van der Waals surface area contributed by atoms with Crippen LogP contribution in [0.25, 0.3) is 11.1 Å². The summed E-state index contributed by atoms with van der Waals surface area (Å²) in [6.45, 7) is 2.73. The van der Waals surface area contributed by atoms with Gasteiger partial charge in [0.15, 0.2) is 0 Å². The molecule has 0 radical (unpaired) electrons. The predicted octanol–water partition coefficient (Wildman–Crippen LogP) is 8.10. The Morgan fingerprint density at radius 1 is 0.875 bits per heavy atom. The maximum atomic E-state index is 13.3. The summed E-state index contributed by atoms with van der Waals surface area (Å²) in [6.07, 6.45) is 5.61. The van der Waals surface area contributed by atoms with Gasteiger partial charge in [0, 0.05) is 30.1 Å². The first-order valence-corrected chi connectivity index (χ1v) is 14.4. The fourth-order valence-electron chi connectivity index (χ4n) is 5.38. The first-order chi connectivity index (χ1) is 19.4. The van der Waals surface area contributed by atoms with Crippen LogP contribution >= 0.6 is 23.2 Å². The van der Waals surface area contributed by atoms with Gasteiger partial charge in [-0.15, -0.1) is 0 Å². The summed E-state index contributed by atoms with van der Waals surface area (Å²) in [4.78, 5) is 24.5. The van der Waals surface area contributed by atoms with Crippen molar-refractivity contribution in [3.8, 4) is 11.1 Å². The number of aromatic nitrogens is 2. The van der Waals surface area contributed by atoms with Crippen LogP contribution in [-0.2, 0) is 6.54 Å². The van der Waals surface area contributed by atoms with Crippen molar-refractivity contribution >= 4 is 34.8 Å². The highest BCUT2D eigenvalue weighted by molar-refractivity contribution is 6.31. The molecule has 2 aliphatic rings. The van der Waals surface area contributed by atoms with E-state index in [1.165, 1.54) is 23.9 Å². The quantitative estimate of drug-likeness (QED) is 0.226. The predicted molar refractivity (Wildman–Crippen MR) is 158 cm³/mol. The third-order valence-corrected chi connectivity index (χ3v) is 8.25. The van der Waals surface area contributed by atoms with Crippen LogP contribution < -0.4 is 5.32 Å². The zero-order valence-corrected chi connectivity index (χ0v) is 23.4. The first-order valence-electron chi connectivity index (χ1n) is 13.6. The summed E-state index contributed by atoms with van der Waals surface area (Å²) in [5.74, 6) is 0.148. The highest BCUT2D eigenvalue weighted by Gasteiger charge is 2.31. The van der Waals surface area contributed by atoms with Gasteiger partial charge < -0.3 is 5.32 Å². The summed E-state index contributed by atoms with van der Waals surface area (Å²) in [6, 6.07) is 20.1. The minimum Gasteiger partial charge on any atom is -0.320 e. The number of pyridine rings is 2. The van der Waals surface area contributed by atoms with E-state index in [4.69, 9.17) is 28.2 Å². The smallest absolute Gasteiger partial charge is 0.255 e. The summed E-state index contributed by atoms with van der Waals surface area (Å²) in [5, 5.41) is 3.92. The minimum atomic E-state index is -0.260. The molecule has 1 N–H and O–H groups in total. The van der Waals surface area contributed by atoms with Crippen LogP contribution in [0, 0.1) is 5.82 Å². The van der Waals surface area contributed by atoms with Gasteiger partial charge in [0.2, 0.25) is 0 Å². The lowest BCUT2D eigenvalue weighted by atomic mass is 9.91. The fourth-order valence-corrected chi connectivity index (χ4v) is 5.86. The Balaban J connectivity index is 1.14. The first kappa shape index (κ1) is 26.9. The molecule has 204 valence electrons. The van der Waals surface area contributed by atoms with E-state index >= 15 is 0 Å². The van der Waals surface area contributed by atoms with Gasteiger partial charge in [-0.1, -0.05) is 59.6 Å². The standard InChI is InChI=1S/C32H29Cl2FN4O/c33-27-18-28(37-32(40)25-11-14-36-29(34)17-25)31(38-30(27)23-5-6-23)24-12-15-39(16-13-24)19-20-1-3-21(4-2-20)22-7-9-26(35)10-8-22/h1-4,7-11,14,17-18,23-24H,5-6,12-13,15-16,19H2,(H,37,40). The molecule has 40 heavy (non-hydrogen) atoms. The lowest BCUT2D eigenvalue weighted by molar-refractivity contribution is 0.102. The number of nitrogens with zero attached hydrogens (tertiary/aromatic N) is 3. The molecular weight excluding hydrogens is 546 g/mol. The maximum absolute atomic E-state index is 13.3. The maximum Gasteiger partial charge on any atom is 0.255 e. The fraction of sp³-hybridized carbons (Fsp3) is 0.281. The molecule has 3 heterocycles. The number of hydrogen-bond acceptors (Lipinski definition) is 4. The second-order valence-corrected chi connectivity index (χ2v) is 11.4. The molecule has 1 amide bonds. The van der Waals surface area contributed by atoms with Crippen LogP contribution in [0.4, 0.5) is 10.1 Å². The molecule has 1 saturated carbocycles. The zero-order valence-electron chi connectivity index (χ0n) is 21.9. The molecule has 1 aliphatic heterocycles. The molecule has 0 atom stereocenters. The molecule has 5 nitrogen and oxygen atoms in total. The van der Waals surface area contributed by atoms with Gasteiger partial charge in [0.05, 0.1) is 22.1 Å². The van der Waals surface area contributed by atoms with Gasteiger partial charge in [-0.05, 0) is 85.8 Å². The number of nitrogens with one attached hydrogen (secondary N) is 1. The van der Waals surface area contributed by atoms with Gasteiger partial charge in [0.25, 0.3) is 5.91 Å². The van der Waals surface area contributed by atoms with Gasteiger partial charge in [-0.3, -0.25) is 14.7 Å². The van der Waals surface area contributed by atoms with E-state index in [9.17, 15) is 9.18 Å². The van der Waals surface area contributed by atoms with Crippen molar-refractivity contribution in [1.82, 2.24) is 14.9 Å². The van der Waals surface area contributed by atoms with Crippen molar-refractivity contribution in [2.45, 2.75) is 44.1 Å². The Hall–Kier alpha value is -3.32. The molecule has 8 heteroatoms. The van der Waals surface area contributed by atoms with Gasteiger partial charge >= 0.3 is 0 Å². The highest BCUT2D eigenvalue weighted by Crippen LogP contribution is 2.45. The number of halogens is 3. The average molecular weight is 576 g/mol. The van der Waals surface area contributed by atoms with Crippen molar-refractivity contribution in [2.24, 2.45) is 0 Å². The van der Waals surface area contributed by atoms with Crippen LogP contribution in [0.2, 0.25) is 10.2 Å². The third kappa shape index (κ3) is 6.20. The summed E-state index contributed by atoms with van der Waals surface area (Å²) < 4.78 is 13.3. The van der Waals surface area contributed by atoms with Gasteiger partial charge in [-0.25, -0.2) is 9.37 Å². The SMILES string of the molecule is O=C(Nc1cc(Cl)c(C2CC2)nc1C1CCN(Cc2ccc(-c3ccc(F)cc3)cc2)CC1)c1ccnc(Cl)c1. The second kappa shape index (κ2) is 11.7. The van der Waals surface area contributed by atoms with E-state index in [2.05, 4.69) is 39.5 Å². The molecule has 4 aromatic rings. The van der Waals surface area contributed by atoms with Crippen molar-refractivity contribution in [3.63, 3.8) is 0 Å². The number of hydrogen-bond donors (Lipinski definition) is 1. The molecule has 1 aliphatic carbocycles. The number of carbonyl (C=O) groups is 1. The molecule has 2 aromatic carbocycles. The number of piperidine rings is 1. The molecule has 2 aromatic heterocycles. The Kier molecular flexibility index (Phi) is 7.83. The lowest BCUT2D eigenvalue weighted by Gasteiger charge is -2.32. The molecule has 0 unspecified atom stereocenters. The molecular formula is C32H29Cl2FN4O. The topological polar surface area (TPSA) is 58.1 Å². The Morgan fingerprint density at radius 3 is 2.17 bits per heavy atom. The summed E-state index contributed by atoms with van der Waals surface area (Å²) in [7, 11) is 0. The number of amides is 1. The van der Waals surface area contributed by atoms with Crippen molar-refractivity contribution in [3.05, 3.63) is 111 Å². The molecule has 6 rings (SSSR count). The van der Waals surface area contributed by atoms with E-state index < -0.39 is 0 Å². The monoisotopic (exact) mass is 574 g/mol. The summed E-state index contributed by atoms with van der Waals surface area (Å²) >= 11 is 12.6. The van der Waals surface area contributed by atoms with Crippen LogP contribution in [0.3, 0.4) is 0 Å². The Morgan fingerprint density at radius 2 is 1.52 bits per heavy atom. The van der Waals surface area contributed by atoms with Crippen LogP contribution in [0.5, 0.6) is 0 Å². The van der Waals surface area contributed by atoms with Gasteiger partial charge in [0.1, 0.15) is 11.0 Å². The van der Waals surface area contributed by atoms with E-state index in [0.29, 0.717) is 22.2 Å².